The van der Waals surface area contributed by atoms with Crippen LogP contribution in [0.1, 0.15) is 53.7 Å². The topological polar surface area (TPSA) is 82.3 Å². The molecule has 8 heteroatoms. The Labute approximate surface area is 172 Å². The lowest BCUT2D eigenvalue weighted by Crippen LogP contribution is -2.32. The Morgan fingerprint density at radius 2 is 1.79 bits per heavy atom. The molecule has 0 amide bonds. The fourth-order valence-corrected chi connectivity index (χ4v) is 4.75. The summed E-state index contributed by atoms with van der Waals surface area (Å²) in [6.07, 6.45) is 1.99. The van der Waals surface area contributed by atoms with Gasteiger partial charge in [-0.3, -0.25) is 20.0 Å². The molecule has 0 spiro atoms. The van der Waals surface area contributed by atoms with Gasteiger partial charge in [-0.15, -0.1) is 0 Å². The van der Waals surface area contributed by atoms with E-state index in [4.69, 9.17) is 9.47 Å². The van der Waals surface area contributed by atoms with Gasteiger partial charge in [-0.2, -0.15) is 10.2 Å². The first kappa shape index (κ1) is 20.5. The maximum absolute atomic E-state index is 5.37. The standard InChI is InChI=1S/C21H34N6O2/c1-14(2)21-17-11-26(5-6-28-3)9-15(8-19(17)23-25-21)7-18-16-10-27(13-29-4)12-20(16)24-22-18/h14-15H,5-13H2,1-4H3,(H,22,24)(H,23,25). The second kappa shape index (κ2) is 8.95. The van der Waals surface area contributed by atoms with E-state index in [-0.39, 0.29) is 0 Å². The quantitative estimate of drug-likeness (QED) is 0.703. The highest BCUT2D eigenvalue weighted by atomic mass is 16.5. The van der Waals surface area contributed by atoms with Crippen LogP contribution in [-0.4, -0.2) is 70.8 Å². The van der Waals surface area contributed by atoms with Crippen molar-refractivity contribution in [2.75, 3.05) is 40.6 Å². The molecule has 2 aromatic heterocycles. The molecular formula is C21H34N6O2. The number of aromatic amines is 2. The second-order valence-electron chi connectivity index (χ2n) is 8.76. The zero-order valence-corrected chi connectivity index (χ0v) is 18.1. The predicted molar refractivity (Wildman–Crippen MR) is 110 cm³/mol. The molecule has 0 aliphatic carbocycles. The maximum atomic E-state index is 5.37. The number of aromatic nitrogens is 4. The SMILES string of the molecule is COCCN1Cc2c(C(C)C)n[nH]c2CC(Cc2n[nH]c3c2CN(COC)C3)C1. The molecule has 0 saturated carbocycles. The third-order valence-electron chi connectivity index (χ3n) is 6.13. The second-order valence-corrected chi connectivity index (χ2v) is 8.76. The lowest BCUT2D eigenvalue weighted by atomic mass is 9.94. The van der Waals surface area contributed by atoms with E-state index in [2.05, 4.69) is 44.0 Å². The molecule has 1 unspecified atom stereocenters. The molecule has 2 N–H and O–H groups in total. The molecule has 2 aliphatic heterocycles. The van der Waals surface area contributed by atoms with Gasteiger partial charge in [0.15, 0.2) is 0 Å². The van der Waals surface area contributed by atoms with Crippen LogP contribution in [0.25, 0.3) is 0 Å². The molecule has 0 bridgehead atoms. The minimum absolute atomic E-state index is 0.428. The molecule has 4 heterocycles. The van der Waals surface area contributed by atoms with Crippen LogP contribution in [0.3, 0.4) is 0 Å². The van der Waals surface area contributed by atoms with Crippen molar-refractivity contribution in [1.29, 1.82) is 0 Å². The summed E-state index contributed by atoms with van der Waals surface area (Å²) < 4.78 is 10.7. The van der Waals surface area contributed by atoms with E-state index in [0.29, 0.717) is 18.6 Å². The molecule has 2 aliphatic rings. The fourth-order valence-electron chi connectivity index (χ4n) is 4.75. The summed E-state index contributed by atoms with van der Waals surface area (Å²) in [7, 11) is 3.52. The van der Waals surface area contributed by atoms with Crippen molar-refractivity contribution < 1.29 is 9.47 Å². The van der Waals surface area contributed by atoms with E-state index in [9.17, 15) is 0 Å². The van der Waals surface area contributed by atoms with Gasteiger partial charge in [-0.05, 0) is 24.7 Å². The third-order valence-corrected chi connectivity index (χ3v) is 6.13. The van der Waals surface area contributed by atoms with Crippen molar-refractivity contribution in [3.8, 4) is 0 Å². The summed E-state index contributed by atoms with van der Waals surface area (Å²) in [5, 5.41) is 15.9. The lowest BCUT2D eigenvalue weighted by Gasteiger charge is -2.24. The van der Waals surface area contributed by atoms with E-state index >= 15 is 0 Å². The summed E-state index contributed by atoms with van der Waals surface area (Å²) in [6.45, 7) is 10.6. The highest BCUT2D eigenvalue weighted by Gasteiger charge is 2.30. The van der Waals surface area contributed by atoms with E-state index in [0.717, 1.165) is 52.2 Å². The maximum Gasteiger partial charge on any atom is 0.0992 e. The van der Waals surface area contributed by atoms with Crippen LogP contribution in [-0.2, 0) is 41.9 Å². The van der Waals surface area contributed by atoms with Gasteiger partial charge in [0.2, 0.25) is 0 Å². The van der Waals surface area contributed by atoms with Gasteiger partial charge < -0.3 is 9.47 Å². The van der Waals surface area contributed by atoms with Crippen molar-refractivity contribution in [2.45, 2.75) is 52.2 Å². The minimum atomic E-state index is 0.428. The molecule has 29 heavy (non-hydrogen) atoms. The van der Waals surface area contributed by atoms with Crippen molar-refractivity contribution in [2.24, 2.45) is 5.92 Å². The van der Waals surface area contributed by atoms with Crippen LogP contribution in [0.2, 0.25) is 0 Å². The number of ether oxygens (including phenoxy) is 2. The molecule has 2 aromatic rings. The molecular weight excluding hydrogens is 368 g/mol. The van der Waals surface area contributed by atoms with E-state index < -0.39 is 0 Å². The average Bonchev–Trinajstić information content (AvgIpc) is 3.33. The Kier molecular flexibility index (Phi) is 6.34. The highest BCUT2D eigenvalue weighted by molar-refractivity contribution is 5.31. The number of rotatable bonds is 8. The first-order valence-corrected chi connectivity index (χ1v) is 10.6. The third kappa shape index (κ3) is 4.40. The van der Waals surface area contributed by atoms with Gasteiger partial charge in [-0.1, -0.05) is 13.8 Å². The van der Waals surface area contributed by atoms with Gasteiger partial charge >= 0.3 is 0 Å². The molecule has 0 fully saturated rings. The van der Waals surface area contributed by atoms with Crippen molar-refractivity contribution in [3.05, 3.63) is 33.9 Å². The lowest BCUT2D eigenvalue weighted by molar-refractivity contribution is 0.0603. The Morgan fingerprint density at radius 1 is 1.00 bits per heavy atom. The largest absolute Gasteiger partial charge is 0.383 e. The molecule has 160 valence electrons. The Morgan fingerprint density at radius 3 is 2.55 bits per heavy atom. The first-order chi connectivity index (χ1) is 14.1. The molecule has 1 atom stereocenters. The number of hydrogen-bond acceptors (Lipinski definition) is 6. The van der Waals surface area contributed by atoms with Crippen molar-refractivity contribution >= 4 is 0 Å². The number of nitrogens with one attached hydrogen (secondary N) is 2. The Balaban J connectivity index is 1.53. The Hall–Kier alpha value is -1.74. The smallest absolute Gasteiger partial charge is 0.0992 e. The molecule has 0 radical (unpaired) electrons. The number of hydrogen-bond donors (Lipinski definition) is 2. The highest BCUT2D eigenvalue weighted by Crippen LogP contribution is 2.30. The summed E-state index contributed by atoms with van der Waals surface area (Å²) in [5.74, 6) is 0.926. The van der Waals surface area contributed by atoms with Crippen LogP contribution in [0, 0.1) is 5.92 Å². The normalized spacial score (nSPS) is 20.2. The predicted octanol–water partition coefficient (Wildman–Crippen LogP) is 2.04. The average molecular weight is 403 g/mol. The van der Waals surface area contributed by atoms with Crippen LogP contribution < -0.4 is 0 Å². The molecule has 0 aromatic carbocycles. The van der Waals surface area contributed by atoms with E-state index in [1.54, 1.807) is 14.2 Å². The Bertz CT molecular complexity index is 814. The van der Waals surface area contributed by atoms with Crippen molar-refractivity contribution in [3.63, 3.8) is 0 Å². The van der Waals surface area contributed by atoms with Crippen LogP contribution in [0.5, 0.6) is 0 Å². The molecule has 0 saturated heterocycles. The summed E-state index contributed by atoms with van der Waals surface area (Å²) >= 11 is 0. The van der Waals surface area contributed by atoms with Gasteiger partial charge in [-0.25, -0.2) is 0 Å². The summed E-state index contributed by atoms with van der Waals surface area (Å²) in [5.41, 5.74) is 7.71. The van der Waals surface area contributed by atoms with E-state index in [1.807, 2.05) is 0 Å². The fraction of sp³-hybridized carbons (Fsp3) is 0.714. The summed E-state index contributed by atoms with van der Waals surface area (Å²) in [6, 6.07) is 0. The first-order valence-electron chi connectivity index (χ1n) is 10.6. The monoisotopic (exact) mass is 402 g/mol. The van der Waals surface area contributed by atoms with E-state index in [1.165, 1.54) is 33.9 Å². The number of fused-ring (bicyclic) bond motifs is 2. The van der Waals surface area contributed by atoms with Gasteiger partial charge in [0.1, 0.15) is 0 Å². The van der Waals surface area contributed by atoms with Gasteiger partial charge in [0.25, 0.3) is 0 Å². The number of methoxy groups -OCH3 is 2. The van der Waals surface area contributed by atoms with Crippen molar-refractivity contribution in [1.82, 2.24) is 30.2 Å². The molecule has 4 rings (SSSR count). The van der Waals surface area contributed by atoms with Crippen LogP contribution >= 0.6 is 0 Å². The zero-order chi connectivity index (χ0) is 20.4. The minimum Gasteiger partial charge on any atom is -0.383 e. The molecule has 8 nitrogen and oxygen atoms in total. The zero-order valence-electron chi connectivity index (χ0n) is 18.1. The van der Waals surface area contributed by atoms with Crippen LogP contribution in [0.4, 0.5) is 0 Å². The summed E-state index contributed by atoms with van der Waals surface area (Å²) in [4.78, 5) is 4.82. The van der Waals surface area contributed by atoms with Crippen LogP contribution in [0.15, 0.2) is 0 Å². The van der Waals surface area contributed by atoms with Gasteiger partial charge in [0, 0.05) is 63.8 Å². The number of nitrogens with zero attached hydrogens (tertiary/aromatic N) is 4. The van der Waals surface area contributed by atoms with Gasteiger partial charge in [0.05, 0.1) is 30.4 Å². The number of H-pyrrole nitrogens is 2.